The molecule has 0 unspecified atom stereocenters. The molecule has 0 saturated carbocycles. The van der Waals surface area contributed by atoms with Crippen LogP contribution >= 0.6 is 0 Å². The van der Waals surface area contributed by atoms with Crippen molar-refractivity contribution < 1.29 is 12.3 Å². The lowest BCUT2D eigenvalue weighted by molar-refractivity contribution is 0.491. The van der Waals surface area contributed by atoms with Gasteiger partial charge >= 0.3 is 10.4 Å². The van der Waals surface area contributed by atoms with Crippen LogP contribution in [0.2, 0.25) is 0 Å². The van der Waals surface area contributed by atoms with Gasteiger partial charge in [-0.15, -0.1) is 0 Å². The third-order valence-corrected chi connectivity index (χ3v) is 4.45. The maximum atomic E-state index is 13.8. The molecule has 0 atom stereocenters. The van der Waals surface area contributed by atoms with Crippen molar-refractivity contribution in [3.63, 3.8) is 0 Å². The van der Waals surface area contributed by atoms with Gasteiger partial charge in [-0.3, -0.25) is 0 Å². The SMILES string of the molecule is O=S(=O)(F)NC(c1ccccc1)(c1ccccc1)c1ccccc1. The van der Waals surface area contributed by atoms with Crippen LogP contribution in [0.25, 0.3) is 0 Å². The van der Waals surface area contributed by atoms with Crippen molar-refractivity contribution in [3.8, 4) is 0 Å². The Kier molecular flexibility index (Phi) is 4.46. The van der Waals surface area contributed by atoms with Gasteiger partial charge in [-0.2, -0.15) is 13.1 Å². The molecule has 0 aromatic heterocycles. The van der Waals surface area contributed by atoms with Crippen molar-refractivity contribution in [1.82, 2.24) is 4.72 Å². The topological polar surface area (TPSA) is 46.2 Å². The second-order valence-electron chi connectivity index (χ2n) is 5.39. The molecule has 3 aromatic carbocycles. The number of hydrogen-bond donors (Lipinski definition) is 1. The molecule has 0 aliphatic heterocycles. The first-order valence-corrected chi connectivity index (χ1v) is 8.81. The van der Waals surface area contributed by atoms with Crippen LogP contribution < -0.4 is 4.72 Å². The molecule has 0 bridgehead atoms. The summed E-state index contributed by atoms with van der Waals surface area (Å²) in [5.41, 5.74) is 0.535. The molecule has 0 radical (unpaired) electrons. The highest BCUT2D eigenvalue weighted by atomic mass is 32.3. The second-order valence-corrected chi connectivity index (χ2v) is 6.47. The van der Waals surface area contributed by atoms with Gasteiger partial charge in [0.2, 0.25) is 0 Å². The summed E-state index contributed by atoms with van der Waals surface area (Å²) in [7, 11) is -4.98. The van der Waals surface area contributed by atoms with E-state index in [1.165, 1.54) is 0 Å². The summed E-state index contributed by atoms with van der Waals surface area (Å²) in [4.78, 5) is 0. The quantitative estimate of drug-likeness (QED) is 0.567. The maximum absolute atomic E-state index is 13.8. The van der Waals surface area contributed by atoms with Crippen molar-refractivity contribution >= 4 is 10.4 Å². The first-order chi connectivity index (χ1) is 11.5. The van der Waals surface area contributed by atoms with Crippen LogP contribution in [0.4, 0.5) is 3.89 Å². The summed E-state index contributed by atoms with van der Waals surface area (Å²) >= 11 is 0. The molecule has 0 aliphatic rings. The highest BCUT2D eigenvalue weighted by molar-refractivity contribution is 7.84. The first kappa shape index (κ1) is 16.4. The molecule has 0 amide bonds. The highest BCUT2D eigenvalue weighted by Crippen LogP contribution is 2.37. The van der Waals surface area contributed by atoms with Crippen molar-refractivity contribution in [2.75, 3.05) is 0 Å². The van der Waals surface area contributed by atoms with Gasteiger partial charge < -0.3 is 0 Å². The van der Waals surface area contributed by atoms with E-state index in [1.807, 2.05) is 18.2 Å². The fourth-order valence-corrected chi connectivity index (χ4v) is 3.64. The Morgan fingerprint density at radius 3 is 1.17 bits per heavy atom. The van der Waals surface area contributed by atoms with E-state index in [0.29, 0.717) is 16.7 Å². The van der Waals surface area contributed by atoms with Gasteiger partial charge in [0.05, 0.1) is 0 Å². The standard InChI is InChI=1S/C19H16FNO2S/c20-24(22,23)21-19(16-10-4-1-5-11-16,17-12-6-2-7-13-17)18-14-8-3-9-15-18/h1-15,21H. The van der Waals surface area contributed by atoms with E-state index in [4.69, 9.17) is 0 Å². The lowest BCUT2D eigenvalue weighted by Gasteiger charge is -2.35. The summed E-state index contributed by atoms with van der Waals surface area (Å²) in [5.74, 6) is 0. The lowest BCUT2D eigenvalue weighted by atomic mass is 9.78. The Balaban J connectivity index is 2.37. The van der Waals surface area contributed by atoms with Crippen LogP contribution in [0.1, 0.15) is 16.7 Å². The van der Waals surface area contributed by atoms with E-state index < -0.39 is 15.9 Å². The number of hydrogen-bond acceptors (Lipinski definition) is 2. The van der Waals surface area contributed by atoms with Crippen LogP contribution in [-0.2, 0) is 15.9 Å². The van der Waals surface area contributed by atoms with Gasteiger partial charge in [0.15, 0.2) is 0 Å². The molecule has 0 aliphatic carbocycles. The predicted octanol–water partition coefficient (Wildman–Crippen LogP) is 3.78. The Hall–Kier alpha value is -2.50. The van der Waals surface area contributed by atoms with E-state index in [9.17, 15) is 12.3 Å². The minimum atomic E-state index is -4.98. The van der Waals surface area contributed by atoms with E-state index in [0.717, 1.165) is 0 Å². The van der Waals surface area contributed by atoms with Gasteiger partial charge in [0.25, 0.3) is 0 Å². The largest absolute Gasteiger partial charge is 0.373 e. The van der Waals surface area contributed by atoms with E-state index in [2.05, 4.69) is 4.72 Å². The number of halogens is 1. The fourth-order valence-electron chi connectivity index (χ4n) is 2.92. The average Bonchev–Trinajstić information content (AvgIpc) is 2.61. The molecule has 0 spiro atoms. The van der Waals surface area contributed by atoms with Gasteiger partial charge in [0.1, 0.15) is 5.54 Å². The fraction of sp³-hybridized carbons (Fsp3) is 0.0526. The molecule has 0 saturated heterocycles. The summed E-state index contributed by atoms with van der Waals surface area (Å²) in [5, 5.41) is 0. The van der Waals surface area contributed by atoms with Crippen LogP contribution in [0.5, 0.6) is 0 Å². The van der Waals surface area contributed by atoms with Gasteiger partial charge in [0, 0.05) is 0 Å². The number of rotatable bonds is 5. The summed E-state index contributed by atoms with van der Waals surface area (Å²) in [6, 6.07) is 26.9. The van der Waals surface area contributed by atoms with Crippen LogP contribution in [0.15, 0.2) is 91.0 Å². The molecule has 5 heteroatoms. The lowest BCUT2D eigenvalue weighted by Crippen LogP contribution is -2.46. The normalized spacial score (nSPS) is 12.0. The molecule has 3 nitrogen and oxygen atoms in total. The summed E-state index contributed by atoms with van der Waals surface area (Å²) in [6.07, 6.45) is 0. The second kappa shape index (κ2) is 6.55. The van der Waals surface area contributed by atoms with Crippen LogP contribution in [0, 0.1) is 0 Å². The first-order valence-electron chi connectivity index (χ1n) is 7.42. The predicted molar refractivity (Wildman–Crippen MR) is 92.4 cm³/mol. The smallest absolute Gasteiger partial charge is 0.177 e. The van der Waals surface area contributed by atoms with Crippen LogP contribution in [-0.4, -0.2) is 8.42 Å². The van der Waals surface area contributed by atoms with Crippen molar-refractivity contribution in [2.24, 2.45) is 0 Å². The van der Waals surface area contributed by atoms with Crippen LogP contribution in [0.3, 0.4) is 0 Å². The maximum Gasteiger partial charge on any atom is 0.373 e. The third-order valence-electron chi connectivity index (χ3n) is 3.90. The van der Waals surface area contributed by atoms with Crippen molar-refractivity contribution in [3.05, 3.63) is 108 Å². The summed E-state index contributed by atoms with van der Waals surface area (Å²) in [6.45, 7) is 0. The number of benzene rings is 3. The Labute approximate surface area is 141 Å². The molecule has 122 valence electrons. The molecule has 0 heterocycles. The Bertz CT molecular complexity index is 801. The average molecular weight is 341 g/mol. The zero-order valence-corrected chi connectivity index (χ0v) is 13.6. The zero-order valence-electron chi connectivity index (χ0n) is 12.8. The number of nitrogens with one attached hydrogen (secondary N) is 1. The molecule has 1 N–H and O–H groups in total. The van der Waals surface area contributed by atoms with Gasteiger partial charge in [-0.1, -0.05) is 94.9 Å². The molecular weight excluding hydrogens is 325 g/mol. The third kappa shape index (κ3) is 3.22. The monoisotopic (exact) mass is 341 g/mol. The van der Waals surface area contributed by atoms with Crippen molar-refractivity contribution in [1.29, 1.82) is 0 Å². The van der Waals surface area contributed by atoms with E-state index in [1.54, 1.807) is 72.8 Å². The van der Waals surface area contributed by atoms with Crippen molar-refractivity contribution in [2.45, 2.75) is 5.54 Å². The Morgan fingerprint density at radius 2 is 0.917 bits per heavy atom. The molecule has 24 heavy (non-hydrogen) atoms. The molecule has 3 aromatic rings. The molecule has 3 rings (SSSR count). The highest BCUT2D eigenvalue weighted by Gasteiger charge is 2.40. The minimum Gasteiger partial charge on any atom is -0.177 e. The van der Waals surface area contributed by atoms with Gasteiger partial charge in [-0.25, -0.2) is 0 Å². The zero-order chi connectivity index (χ0) is 17.0. The minimum absolute atomic E-state index is 0.628. The van der Waals surface area contributed by atoms with E-state index in [-0.39, 0.29) is 0 Å². The summed E-state index contributed by atoms with van der Waals surface area (Å²) < 4.78 is 39.2. The molecule has 0 fully saturated rings. The van der Waals surface area contributed by atoms with E-state index >= 15 is 0 Å². The Morgan fingerprint density at radius 1 is 0.625 bits per heavy atom. The van der Waals surface area contributed by atoms with Gasteiger partial charge in [-0.05, 0) is 16.7 Å². The molecular formula is C19H16FNO2S.